The molecule has 1 saturated heterocycles. The van der Waals surface area contributed by atoms with Crippen molar-refractivity contribution in [3.8, 4) is 0 Å². The molecule has 0 bridgehead atoms. The lowest BCUT2D eigenvalue weighted by molar-refractivity contribution is -0.146. The highest BCUT2D eigenvalue weighted by Gasteiger charge is 2.70. The first-order valence-corrected chi connectivity index (χ1v) is 20.4. The molecule has 1 aliphatic heterocycles. The smallest absolute Gasteiger partial charge is 0.407 e. The van der Waals surface area contributed by atoms with Crippen LogP contribution >= 0.6 is 0 Å². The summed E-state index contributed by atoms with van der Waals surface area (Å²) in [6.07, 6.45) is 11.1. The van der Waals surface area contributed by atoms with Crippen LogP contribution in [0.1, 0.15) is 125 Å². The number of ether oxygens (including phenoxy) is 1. The largest absolute Gasteiger partial charge is 0.447 e. The fourth-order valence-electron chi connectivity index (χ4n) is 8.74. The third-order valence-corrected chi connectivity index (χ3v) is 13.3. The number of fused-ring (bicyclic) bond motifs is 1. The average Bonchev–Trinajstić information content (AvgIpc) is 3.91. The number of likely N-dealkylation sites (tertiary alicyclic amines) is 1. The Kier molecular flexibility index (Phi) is 11.4. The molecule has 0 aromatic carbocycles. The van der Waals surface area contributed by atoms with E-state index in [1.807, 2.05) is 27.7 Å². The molecule has 5 N–H and O–H groups in total. The minimum absolute atomic E-state index is 0.0210. The lowest BCUT2D eigenvalue weighted by Gasteiger charge is -2.43. The monoisotopic (exact) mass is 740 g/mol. The van der Waals surface area contributed by atoms with Crippen LogP contribution in [0.5, 0.6) is 0 Å². The van der Waals surface area contributed by atoms with E-state index in [-0.39, 0.29) is 35.8 Å². The number of alkyl carbamates (subject to hydrolysis) is 1. The Bertz CT molecular complexity index is 1420. The third-order valence-electron chi connectivity index (χ3n) is 13.3. The van der Waals surface area contributed by atoms with Crippen LogP contribution in [0.3, 0.4) is 0 Å². The highest BCUT2D eigenvalue weighted by Crippen LogP contribution is 2.65. The maximum Gasteiger partial charge on any atom is 0.407 e. The molecule has 6 amide bonds. The maximum absolute atomic E-state index is 14.9. The lowest BCUT2D eigenvalue weighted by atomic mass is 9.70. The molecule has 0 spiro atoms. The molecule has 13 heteroatoms. The van der Waals surface area contributed by atoms with E-state index in [4.69, 9.17) is 4.74 Å². The van der Waals surface area contributed by atoms with Crippen LogP contribution in [0.2, 0.25) is 0 Å². The summed E-state index contributed by atoms with van der Waals surface area (Å²) in [5.74, 6) is -0.986. The molecule has 1 heterocycles. The molecule has 5 saturated carbocycles. The molecule has 5 aliphatic carbocycles. The van der Waals surface area contributed by atoms with Gasteiger partial charge in [-0.3, -0.25) is 19.2 Å². The molecule has 6 aliphatic rings. The Morgan fingerprint density at radius 2 is 1.51 bits per heavy atom. The molecular formula is C40H64N6O7. The van der Waals surface area contributed by atoms with E-state index >= 15 is 0 Å². The number of nitrogens with zero attached hydrogens (tertiary/aromatic N) is 1. The van der Waals surface area contributed by atoms with Crippen LogP contribution in [-0.4, -0.2) is 90.4 Å². The van der Waals surface area contributed by atoms with E-state index in [1.165, 1.54) is 0 Å². The van der Waals surface area contributed by atoms with Crippen LogP contribution < -0.4 is 26.6 Å². The normalized spacial score (nSPS) is 27.3. The van der Waals surface area contributed by atoms with E-state index < -0.39 is 64.7 Å². The Morgan fingerprint density at radius 1 is 0.849 bits per heavy atom. The lowest BCUT2D eigenvalue weighted by Crippen LogP contribution is -2.63. The second kappa shape index (κ2) is 15.4. The first kappa shape index (κ1) is 39.3. The number of ketones is 1. The number of amides is 6. The molecule has 0 aromatic heterocycles. The van der Waals surface area contributed by atoms with E-state index in [2.05, 4.69) is 40.4 Å². The summed E-state index contributed by atoms with van der Waals surface area (Å²) in [5.41, 5.74) is -1.18. The second-order valence-corrected chi connectivity index (χ2v) is 19.2. The topological polar surface area (TPSA) is 175 Å². The highest BCUT2D eigenvalue weighted by molar-refractivity contribution is 6.38. The van der Waals surface area contributed by atoms with Gasteiger partial charge in [-0.25, -0.2) is 9.59 Å². The van der Waals surface area contributed by atoms with Gasteiger partial charge in [-0.15, -0.1) is 0 Å². The molecule has 0 radical (unpaired) electrons. The maximum atomic E-state index is 14.9. The third kappa shape index (κ3) is 9.65. The minimum Gasteiger partial charge on any atom is -0.447 e. The zero-order chi connectivity index (χ0) is 38.3. The number of Topliss-reactive ketones (excluding diaryl/α,β-unsaturated/α-hetero) is 1. The quantitative estimate of drug-likeness (QED) is 0.148. The van der Waals surface area contributed by atoms with E-state index in [9.17, 15) is 28.8 Å². The molecule has 6 atom stereocenters. The van der Waals surface area contributed by atoms with E-state index in [1.54, 1.807) is 4.90 Å². The zero-order valence-corrected chi connectivity index (χ0v) is 32.8. The van der Waals surface area contributed by atoms with Gasteiger partial charge < -0.3 is 36.2 Å². The number of carbonyl (C=O) groups is 6. The van der Waals surface area contributed by atoms with Crippen LogP contribution in [0, 0.1) is 39.9 Å². The van der Waals surface area contributed by atoms with Gasteiger partial charge in [-0.2, -0.15) is 0 Å². The van der Waals surface area contributed by atoms with Crippen LogP contribution in [0.25, 0.3) is 0 Å². The summed E-state index contributed by atoms with van der Waals surface area (Å²) >= 11 is 0. The summed E-state index contributed by atoms with van der Waals surface area (Å²) in [6.45, 7) is 13.0. The summed E-state index contributed by atoms with van der Waals surface area (Å²) in [7, 11) is 0. The molecule has 6 rings (SSSR count). The number of carbonyl (C=O) groups excluding carboxylic acids is 6. The van der Waals surface area contributed by atoms with Gasteiger partial charge in [-0.1, -0.05) is 73.6 Å². The number of piperidine rings is 1. The fraction of sp³-hybridized carbons (Fsp3) is 0.850. The van der Waals surface area contributed by atoms with Gasteiger partial charge >= 0.3 is 12.1 Å². The van der Waals surface area contributed by atoms with Crippen molar-refractivity contribution >= 4 is 35.6 Å². The van der Waals surface area contributed by atoms with Gasteiger partial charge in [0.2, 0.25) is 17.6 Å². The molecule has 13 nitrogen and oxygen atoms in total. The van der Waals surface area contributed by atoms with Crippen LogP contribution in [0.15, 0.2) is 0 Å². The molecular weight excluding hydrogens is 676 g/mol. The molecule has 0 aromatic rings. The molecule has 53 heavy (non-hydrogen) atoms. The molecule has 296 valence electrons. The number of hydrogen-bond acceptors (Lipinski definition) is 7. The number of rotatable bonds is 16. The Hall–Kier alpha value is -3.38. The van der Waals surface area contributed by atoms with Gasteiger partial charge in [0.25, 0.3) is 5.91 Å². The van der Waals surface area contributed by atoms with Crippen LogP contribution in [0.4, 0.5) is 9.59 Å². The van der Waals surface area contributed by atoms with Crippen molar-refractivity contribution < 1.29 is 33.5 Å². The number of hydrogen-bond donors (Lipinski definition) is 5. The molecule has 3 unspecified atom stereocenters. The van der Waals surface area contributed by atoms with Gasteiger partial charge in [0.1, 0.15) is 18.7 Å². The van der Waals surface area contributed by atoms with Gasteiger partial charge in [-0.05, 0) is 91.3 Å². The number of urea groups is 1. The van der Waals surface area contributed by atoms with Crippen molar-refractivity contribution in [2.75, 3.05) is 19.7 Å². The van der Waals surface area contributed by atoms with Crippen molar-refractivity contribution in [3.05, 3.63) is 0 Å². The Balaban J connectivity index is 1.17. The van der Waals surface area contributed by atoms with Gasteiger partial charge in [0.15, 0.2) is 0 Å². The summed E-state index contributed by atoms with van der Waals surface area (Å²) in [6, 6.07) is -3.73. The predicted octanol–water partition coefficient (Wildman–Crippen LogP) is 4.18. The van der Waals surface area contributed by atoms with Crippen molar-refractivity contribution in [2.24, 2.45) is 39.9 Å². The van der Waals surface area contributed by atoms with Crippen molar-refractivity contribution in [1.82, 2.24) is 31.5 Å². The summed E-state index contributed by atoms with van der Waals surface area (Å²) in [4.78, 5) is 83.4. The minimum atomic E-state index is -0.956. The predicted molar refractivity (Wildman–Crippen MR) is 198 cm³/mol. The zero-order valence-electron chi connectivity index (χ0n) is 32.8. The van der Waals surface area contributed by atoms with Crippen molar-refractivity contribution in [3.63, 3.8) is 0 Å². The summed E-state index contributed by atoms with van der Waals surface area (Å²) in [5, 5.41) is 14.6. The first-order chi connectivity index (χ1) is 25.0. The fourth-order valence-corrected chi connectivity index (χ4v) is 8.74. The molecule has 6 fully saturated rings. The summed E-state index contributed by atoms with van der Waals surface area (Å²) < 4.78 is 5.51. The first-order valence-electron chi connectivity index (χ1n) is 20.4. The highest BCUT2D eigenvalue weighted by atomic mass is 16.5. The van der Waals surface area contributed by atoms with Gasteiger partial charge in [0.05, 0.1) is 12.1 Å². The van der Waals surface area contributed by atoms with E-state index in [0.717, 1.165) is 77.0 Å². The Morgan fingerprint density at radius 3 is 2.11 bits per heavy atom. The van der Waals surface area contributed by atoms with E-state index in [0.29, 0.717) is 31.3 Å². The van der Waals surface area contributed by atoms with Crippen molar-refractivity contribution in [2.45, 2.75) is 155 Å². The SMILES string of the molecule is CC1(C)C2CN(C(=O)[C@@H](NC(=O)N[C@H](COC(=O)NCC3CC3)C(C)(C)C)C3(C)CCCCC3)[C@H](C(=O)NC(CCC3CC3)C(=O)C(=O)NC3CC3)C21. The average molecular weight is 741 g/mol. The van der Waals surface area contributed by atoms with Gasteiger partial charge in [0, 0.05) is 19.1 Å². The van der Waals surface area contributed by atoms with Crippen LogP contribution in [-0.2, 0) is 23.9 Å². The Labute approximate surface area is 315 Å². The second-order valence-electron chi connectivity index (χ2n) is 19.2. The standard InChI is InChI=1S/C40H64N6O7/c1-38(2,3)28(22-53-37(52)41-20-24-12-13-24)44-36(51)45-32(40(6)18-8-7-9-19-40)35(50)46-21-26-29(39(26,4)5)30(46)33(48)43-27(17-14-23-10-11-23)31(47)34(49)42-25-15-16-25/h23-30,32H,7-22H2,1-6H3,(H,41,52)(H,42,49)(H,43,48)(H2,44,45,51)/t26?,27?,28-,29?,30+,32-/m1/s1. The number of nitrogens with one attached hydrogen (secondary N) is 5. The van der Waals surface area contributed by atoms with Crippen molar-refractivity contribution in [1.29, 1.82) is 0 Å².